The molecule has 2 amide bonds. The van der Waals surface area contributed by atoms with Gasteiger partial charge in [-0.3, -0.25) is 19.4 Å². The van der Waals surface area contributed by atoms with Crippen LogP contribution in [0.1, 0.15) is 112 Å². The highest BCUT2D eigenvalue weighted by Crippen LogP contribution is 2.41. The van der Waals surface area contributed by atoms with Gasteiger partial charge in [0, 0.05) is 25.2 Å². The lowest BCUT2D eigenvalue weighted by molar-refractivity contribution is -0.139. The van der Waals surface area contributed by atoms with Crippen molar-refractivity contribution in [1.29, 1.82) is 0 Å². The standard InChI is InChI=1S/C52H58N8O2/c1-3-57(41-27-28-41)47(39-13-7-5-8-14-39)51(61)59-31-11-17-45(59)49-53-33-43(55-49)37-23-19-35(20-24-37)36-21-25-38(26-22-36)44-34-54-50(56-44)46-18-12-32-60(46)52(62)48(40-15-9-6-10-16-40)58(4-2)42-29-30-42/h5-10,13-16,19-26,33-34,41-42,45-48H,3-4,11-12,17-18,27-32H2,1-2H3,(H,53,55)(H,54,56)/t45-,46-,47+,48+/m0/s1. The van der Waals surface area contributed by atoms with Crippen LogP contribution in [0.4, 0.5) is 0 Å². The molecule has 62 heavy (non-hydrogen) atoms. The van der Waals surface area contributed by atoms with E-state index in [1.807, 2.05) is 48.8 Å². The van der Waals surface area contributed by atoms with Gasteiger partial charge in [-0.05, 0) is 97.8 Å². The van der Waals surface area contributed by atoms with Gasteiger partial charge >= 0.3 is 0 Å². The lowest BCUT2D eigenvalue weighted by Crippen LogP contribution is -2.44. The zero-order valence-corrected chi connectivity index (χ0v) is 36.0. The first-order valence-electron chi connectivity index (χ1n) is 23.0. The molecule has 6 aromatic rings. The summed E-state index contributed by atoms with van der Waals surface area (Å²) >= 11 is 0. The first-order chi connectivity index (χ1) is 30.5. The van der Waals surface area contributed by atoms with Gasteiger partial charge in [0.1, 0.15) is 23.7 Å². The largest absolute Gasteiger partial charge is 0.340 e. The molecule has 4 fully saturated rings. The summed E-state index contributed by atoms with van der Waals surface area (Å²) in [6.07, 6.45) is 12.2. The molecular formula is C52H58N8O2. The van der Waals surface area contributed by atoms with Crippen molar-refractivity contribution in [3.05, 3.63) is 144 Å². The number of benzene rings is 4. The molecule has 10 heteroatoms. The molecule has 2 aliphatic heterocycles. The van der Waals surface area contributed by atoms with Gasteiger partial charge < -0.3 is 19.8 Å². The Hall–Kier alpha value is -5.84. The minimum Gasteiger partial charge on any atom is -0.340 e. The van der Waals surface area contributed by atoms with Gasteiger partial charge in [0.05, 0.1) is 35.9 Å². The molecule has 318 valence electrons. The third-order valence-electron chi connectivity index (χ3n) is 13.7. The van der Waals surface area contributed by atoms with Crippen molar-refractivity contribution in [3.8, 4) is 33.6 Å². The Balaban J connectivity index is 0.809. The van der Waals surface area contributed by atoms with Gasteiger partial charge in [0.2, 0.25) is 11.8 Å². The number of hydrogen-bond donors (Lipinski definition) is 2. The van der Waals surface area contributed by atoms with Crippen LogP contribution in [-0.4, -0.2) is 89.6 Å². The molecule has 2 aliphatic carbocycles. The highest BCUT2D eigenvalue weighted by molar-refractivity contribution is 5.85. The number of amides is 2. The van der Waals surface area contributed by atoms with E-state index >= 15 is 0 Å². The van der Waals surface area contributed by atoms with Crippen LogP contribution in [0, 0.1) is 0 Å². The molecule has 4 aliphatic rings. The summed E-state index contributed by atoms with van der Waals surface area (Å²) in [5, 5.41) is 0. The average molecular weight is 827 g/mol. The molecule has 0 spiro atoms. The molecule has 2 saturated carbocycles. The van der Waals surface area contributed by atoms with Gasteiger partial charge in [-0.15, -0.1) is 0 Å². The number of aromatic nitrogens is 4. The summed E-state index contributed by atoms with van der Waals surface area (Å²) in [5.74, 6) is 2.07. The van der Waals surface area contributed by atoms with Gasteiger partial charge in [0.15, 0.2) is 0 Å². The summed E-state index contributed by atoms with van der Waals surface area (Å²) in [6, 6.07) is 38.1. The summed E-state index contributed by atoms with van der Waals surface area (Å²) in [6.45, 7) is 7.53. The average Bonchev–Trinajstić information content (AvgIpc) is 4.03. The Morgan fingerprint density at radius 3 is 1.27 bits per heavy atom. The fraction of sp³-hybridized carbons (Fsp3) is 0.385. The molecule has 0 radical (unpaired) electrons. The van der Waals surface area contributed by atoms with Crippen LogP contribution in [0.2, 0.25) is 0 Å². The third-order valence-corrected chi connectivity index (χ3v) is 13.7. The van der Waals surface area contributed by atoms with Crippen LogP contribution >= 0.6 is 0 Å². The zero-order chi connectivity index (χ0) is 42.2. The molecule has 2 aromatic heterocycles. The van der Waals surface area contributed by atoms with Crippen molar-refractivity contribution in [2.45, 2.75) is 101 Å². The number of aromatic amines is 2. The normalized spacial score (nSPS) is 20.0. The molecule has 10 nitrogen and oxygen atoms in total. The van der Waals surface area contributed by atoms with Crippen LogP contribution in [-0.2, 0) is 9.59 Å². The van der Waals surface area contributed by atoms with Crippen LogP contribution in [0.15, 0.2) is 122 Å². The Morgan fingerprint density at radius 2 is 0.919 bits per heavy atom. The zero-order valence-electron chi connectivity index (χ0n) is 36.0. The van der Waals surface area contributed by atoms with Crippen LogP contribution < -0.4 is 0 Å². The second-order valence-electron chi connectivity index (χ2n) is 17.6. The van der Waals surface area contributed by atoms with Crippen molar-refractivity contribution in [3.63, 3.8) is 0 Å². The number of carbonyl (C=O) groups excluding carboxylic acids is 2. The number of likely N-dealkylation sites (tertiary alicyclic amines) is 2. The quantitative estimate of drug-likeness (QED) is 0.107. The fourth-order valence-corrected chi connectivity index (χ4v) is 10.3. The Kier molecular flexibility index (Phi) is 11.4. The van der Waals surface area contributed by atoms with Crippen LogP contribution in [0.25, 0.3) is 33.6 Å². The van der Waals surface area contributed by atoms with E-state index in [-0.39, 0.29) is 36.0 Å². The van der Waals surface area contributed by atoms with E-state index in [4.69, 9.17) is 9.97 Å². The van der Waals surface area contributed by atoms with E-state index in [0.717, 1.165) is 134 Å². The Labute approximate surface area is 365 Å². The van der Waals surface area contributed by atoms with E-state index in [1.54, 1.807) is 0 Å². The number of carbonyl (C=O) groups is 2. The van der Waals surface area contributed by atoms with Gasteiger partial charge in [-0.2, -0.15) is 0 Å². The number of nitrogens with zero attached hydrogens (tertiary/aromatic N) is 6. The molecule has 4 heterocycles. The van der Waals surface area contributed by atoms with E-state index in [2.05, 4.69) is 116 Å². The third kappa shape index (κ3) is 8.02. The first kappa shape index (κ1) is 40.2. The lowest BCUT2D eigenvalue weighted by atomic mass is 10.0. The Bertz CT molecular complexity index is 2280. The summed E-state index contributed by atoms with van der Waals surface area (Å²) in [7, 11) is 0. The molecule has 4 aromatic carbocycles. The number of hydrogen-bond acceptors (Lipinski definition) is 6. The van der Waals surface area contributed by atoms with Crippen molar-refractivity contribution in [1.82, 2.24) is 39.5 Å². The second-order valence-corrected chi connectivity index (χ2v) is 17.6. The number of H-pyrrole nitrogens is 2. The predicted octanol–water partition coefficient (Wildman–Crippen LogP) is 9.91. The number of rotatable bonds is 15. The predicted molar refractivity (Wildman–Crippen MR) is 244 cm³/mol. The minimum atomic E-state index is -0.274. The van der Waals surface area contributed by atoms with E-state index < -0.39 is 0 Å². The van der Waals surface area contributed by atoms with E-state index in [9.17, 15) is 9.59 Å². The summed E-state index contributed by atoms with van der Waals surface area (Å²) < 4.78 is 0. The van der Waals surface area contributed by atoms with Gasteiger partial charge in [-0.25, -0.2) is 9.97 Å². The maximum absolute atomic E-state index is 14.4. The molecule has 0 unspecified atom stereocenters. The minimum absolute atomic E-state index is 0.0700. The maximum atomic E-state index is 14.4. The molecule has 4 atom stereocenters. The smallest absolute Gasteiger partial charge is 0.245 e. The van der Waals surface area contributed by atoms with Crippen molar-refractivity contribution in [2.75, 3.05) is 26.2 Å². The van der Waals surface area contributed by atoms with Gasteiger partial charge in [0.25, 0.3) is 0 Å². The van der Waals surface area contributed by atoms with Crippen molar-refractivity contribution >= 4 is 11.8 Å². The summed E-state index contributed by atoms with van der Waals surface area (Å²) in [5.41, 5.74) is 8.42. The molecule has 10 rings (SSSR count). The SMILES string of the molecule is CCN(C1CC1)[C@@H](C(=O)N1CCC[C@H]1c1ncc(-c2ccc(-c3ccc(-c4cnc([C@@H]5CCCN5C(=O)[C@@H](c5ccccc5)N(CC)C5CC5)[nH]4)cc3)cc2)[nH]1)c1ccccc1. The van der Waals surface area contributed by atoms with Crippen LogP contribution in [0.5, 0.6) is 0 Å². The second kappa shape index (κ2) is 17.5. The molecule has 2 N–H and O–H groups in total. The first-order valence-corrected chi connectivity index (χ1v) is 23.0. The molecule has 2 saturated heterocycles. The highest BCUT2D eigenvalue weighted by atomic mass is 16.2. The number of imidazole rings is 2. The molecule has 0 bridgehead atoms. The van der Waals surface area contributed by atoms with Crippen molar-refractivity contribution in [2.24, 2.45) is 0 Å². The van der Waals surface area contributed by atoms with Crippen molar-refractivity contribution < 1.29 is 9.59 Å². The highest BCUT2D eigenvalue weighted by Gasteiger charge is 2.44. The van der Waals surface area contributed by atoms with Crippen LogP contribution in [0.3, 0.4) is 0 Å². The number of likely N-dealkylation sites (N-methyl/N-ethyl adjacent to an activating group) is 2. The maximum Gasteiger partial charge on any atom is 0.245 e. The Morgan fingerprint density at radius 1 is 0.548 bits per heavy atom. The number of nitrogens with one attached hydrogen (secondary N) is 2. The topological polar surface area (TPSA) is 104 Å². The fourth-order valence-electron chi connectivity index (χ4n) is 10.3. The molecular weight excluding hydrogens is 769 g/mol. The van der Waals surface area contributed by atoms with E-state index in [0.29, 0.717) is 12.1 Å². The van der Waals surface area contributed by atoms with Gasteiger partial charge in [-0.1, -0.05) is 123 Å². The summed E-state index contributed by atoms with van der Waals surface area (Å²) in [4.78, 5) is 54.7. The monoisotopic (exact) mass is 826 g/mol. The lowest BCUT2D eigenvalue weighted by Gasteiger charge is -2.35. The van der Waals surface area contributed by atoms with E-state index in [1.165, 1.54) is 0 Å².